The van der Waals surface area contributed by atoms with E-state index in [4.69, 9.17) is 10.5 Å². The summed E-state index contributed by atoms with van der Waals surface area (Å²) in [4.78, 5) is 26.5. The molecular formula is C23H25F3N6O3. The molecule has 9 nitrogen and oxygen atoms in total. The molecule has 1 atom stereocenters. The molecule has 2 heterocycles. The van der Waals surface area contributed by atoms with Crippen molar-refractivity contribution in [1.29, 1.82) is 0 Å². The summed E-state index contributed by atoms with van der Waals surface area (Å²) in [5.41, 5.74) is 5.89. The van der Waals surface area contributed by atoms with Crippen LogP contribution in [0.3, 0.4) is 0 Å². The number of hydrogen-bond donors (Lipinski definition) is 2. The lowest BCUT2D eigenvalue weighted by Gasteiger charge is -2.32. The molecule has 0 radical (unpaired) electrons. The van der Waals surface area contributed by atoms with Gasteiger partial charge in [-0.2, -0.15) is 13.2 Å². The predicted molar refractivity (Wildman–Crippen MR) is 119 cm³/mol. The number of amides is 2. The fourth-order valence-corrected chi connectivity index (χ4v) is 3.95. The molecule has 12 heteroatoms. The van der Waals surface area contributed by atoms with Gasteiger partial charge in [-0.1, -0.05) is 23.4 Å². The van der Waals surface area contributed by atoms with E-state index in [1.807, 2.05) is 12.2 Å². The second-order valence-electron chi connectivity index (χ2n) is 8.34. The van der Waals surface area contributed by atoms with Crippen LogP contribution < -0.4 is 15.8 Å². The summed E-state index contributed by atoms with van der Waals surface area (Å²) < 4.78 is 45.8. The minimum atomic E-state index is -4.44. The average Bonchev–Trinajstić information content (AvgIpc) is 3.33. The van der Waals surface area contributed by atoms with Crippen molar-refractivity contribution in [3.8, 4) is 5.75 Å². The lowest BCUT2D eigenvalue weighted by Crippen LogP contribution is -2.46. The molecule has 1 aliphatic heterocycles. The van der Waals surface area contributed by atoms with Crippen LogP contribution in [-0.4, -0.2) is 57.4 Å². The topological polar surface area (TPSA) is 115 Å². The van der Waals surface area contributed by atoms with Gasteiger partial charge in [-0.05, 0) is 30.7 Å². The van der Waals surface area contributed by atoms with E-state index in [1.54, 1.807) is 11.0 Å². The van der Waals surface area contributed by atoms with Crippen molar-refractivity contribution in [3.63, 3.8) is 0 Å². The van der Waals surface area contributed by atoms with E-state index in [0.717, 1.165) is 12.1 Å². The summed E-state index contributed by atoms with van der Waals surface area (Å²) in [6.45, 7) is 0.531. The Kier molecular flexibility index (Phi) is 7.08. The zero-order valence-corrected chi connectivity index (χ0v) is 18.7. The van der Waals surface area contributed by atoms with Gasteiger partial charge < -0.3 is 20.7 Å². The number of alkyl halides is 3. The number of piperidine rings is 1. The quantitative estimate of drug-likeness (QED) is 0.643. The van der Waals surface area contributed by atoms with E-state index in [1.165, 1.54) is 23.0 Å². The van der Waals surface area contributed by atoms with Gasteiger partial charge >= 0.3 is 6.18 Å². The SMILES string of the molecule is NC1=CC=CCC1n1cc(C(=O)NCC(=O)N2CCC(Oc3cccc(C(F)(F)F)c3)CC2)nn1. The number of allylic oxidation sites excluding steroid dienone is 4. The normalized spacial score (nSPS) is 18.8. The van der Waals surface area contributed by atoms with E-state index >= 15 is 0 Å². The Hall–Kier alpha value is -3.83. The summed E-state index contributed by atoms with van der Waals surface area (Å²) in [5.74, 6) is -0.652. The third-order valence-electron chi connectivity index (χ3n) is 5.89. The molecule has 2 aliphatic rings. The summed E-state index contributed by atoms with van der Waals surface area (Å²) in [5, 5.41) is 10.4. The average molecular weight is 490 g/mol. The number of likely N-dealkylation sites (tertiary alicyclic amines) is 1. The monoisotopic (exact) mass is 490 g/mol. The molecule has 2 aromatic rings. The Morgan fingerprint density at radius 1 is 1.23 bits per heavy atom. The van der Waals surface area contributed by atoms with Gasteiger partial charge in [0.2, 0.25) is 5.91 Å². The molecule has 1 aliphatic carbocycles. The molecule has 1 fully saturated rings. The van der Waals surface area contributed by atoms with Crippen molar-refractivity contribution in [2.24, 2.45) is 5.73 Å². The summed E-state index contributed by atoms with van der Waals surface area (Å²) in [6.07, 6.45) is 3.87. The molecule has 1 aromatic carbocycles. The van der Waals surface area contributed by atoms with E-state index in [-0.39, 0.29) is 36.0 Å². The first kappa shape index (κ1) is 24.3. The predicted octanol–water partition coefficient (Wildman–Crippen LogP) is 2.44. The Bertz CT molecular complexity index is 1140. The van der Waals surface area contributed by atoms with E-state index in [0.29, 0.717) is 38.0 Å². The molecule has 4 rings (SSSR count). The standard InChI is InChI=1S/C23H25F3N6O3/c24-23(25,26)15-4-3-5-17(12-15)35-16-8-10-31(11-9-16)21(33)13-28-22(34)19-14-32(30-29-19)20-7-2-1-6-18(20)27/h1-6,12,14,16,20H,7-11,13,27H2,(H,28,34). The largest absolute Gasteiger partial charge is 0.490 e. The number of nitrogens with one attached hydrogen (secondary N) is 1. The highest BCUT2D eigenvalue weighted by molar-refractivity contribution is 5.94. The van der Waals surface area contributed by atoms with Crippen molar-refractivity contribution in [1.82, 2.24) is 25.2 Å². The molecule has 1 saturated heterocycles. The van der Waals surface area contributed by atoms with Crippen LogP contribution in [0.15, 0.2) is 54.4 Å². The van der Waals surface area contributed by atoms with Crippen LogP contribution >= 0.6 is 0 Å². The number of hydrogen-bond acceptors (Lipinski definition) is 6. The highest BCUT2D eigenvalue weighted by atomic mass is 19.4. The van der Waals surface area contributed by atoms with Gasteiger partial charge in [-0.25, -0.2) is 4.68 Å². The van der Waals surface area contributed by atoms with Crippen LogP contribution in [0.2, 0.25) is 0 Å². The van der Waals surface area contributed by atoms with E-state index < -0.39 is 17.6 Å². The lowest BCUT2D eigenvalue weighted by atomic mass is 10.1. The molecule has 35 heavy (non-hydrogen) atoms. The fourth-order valence-electron chi connectivity index (χ4n) is 3.95. The van der Waals surface area contributed by atoms with Gasteiger partial charge in [-0.3, -0.25) is 9.59 Å². The van der Waals surface area contributed by atoms with Crippen LogP contribution in [0, 0.1) is 0 Å². The Balaban J connectivity index is 1.23. The van der Waals surface area contributed by atoms with Gasteiger partial charge in [0.1, 0.15) is 11.9 Å². The molecule has 1 unspecified atom stereocenters. The van der Waals surface area contributed by atoms with Crippen molar-refractivity contribution in [2.75, 3.05) is 19.6 Å². The van der Waals surface area contributed by atoms with Crippen LogP contribution in [-0.2, 0) is 11.0 Å². The van der Waals surface area contributed by atoms with Crippen molar-refractivity contribution >= 4 is 11.8 Å². The molecule has 0 bridgehead atoms. The van der Waals surface area contributed by atoms with Crippen LogP contribution in [0.1, 0.15) is 41.4 Å². The summed E-state index contributed by atoms with van der Waals surface area (Å²) in [6, 6.07) is 4.53. The number of ether oxygens (including phenoxy) is 1. The summed E-state index contributed by atoms with van der Waals surface area (Å²) >= 11 is 0. The molecule has 2 amide bonds. The van der Waals surface area contributed by atoms with Gasteiger partial charge in [0.15, 0.2) is 5.69 Å². The zero-order valence-electron chi connectivity index (χ0n) is 18.7. The number of rotatable bonds is 6. The summed E-state index contributed by atoms with van der Waals surface area (Å²) in [7, 11) is 0. The Morgan fingerprint density at radius 3 is 2.71 bits per heavy atom. The Morgan fingerprint density at radius 2 is 2.00 bits per heavy atom. The zero-order chi connectivity index (χ0) is 25.0. The number of nitrogens with two attached hydrogens (primary N) is 1. The molecule has 186 valence electrons. The van der Waals surface area contributed by atoms with Crippen molar-refractivity contribution in [3.05, 3.63) is 65.6 Å². The first-order valence-corrected chi connectivity index (χ1v) is 11.1. The molecule has 0 saturated carbocycles. The smallest absolute Gasteiger partial charge is 0.416 e. The number of halogens is 3. The van der Waals surface area contributed by atoms with Crippen molar-refractivity contribution in [2.45, 2.75) is 37.6 Å². The lowest BCUT2D eigenvalue weighted by molar-refractivity contribution is -0.138. The number of nitrogens with zero attached hydrogens (tertiary/aromatic N) is 4. The van der Waals surface area contributed by atoms with Crippen LogP contribution in [0.25, 0.3) is 0 Å². The third kappa shape index (κ3) is 6.00. The second-order valence-corrected chi connectivity index (χ2v) is 8.34. The van der Waals surface area contributed by atoms with Gasteiger partial charge in [0.25, 0.3) is 5.91 Å². The number of carbonyl (C=O) groups excluding carboxylic acids is 2. The Labute approximate surface area is 199 Å². The number of aromatic nitrogens is 3. The van der Waals surface area contributed by atoms with Gasteiger partial charge in [0, 0.05) is 31.6 Å². The number of carbonyl (C=O) groups is 2. The fraction of sp³-hybridized carbons (Fsp3) is 0.391. The maximum absolute atomic E-state index is 12.9. The van der Waals surface area contributed by atoms with Gasteiger partial charge in [0.05, 0.1) is 24.3 Å². The molecular weight excluding hydrogens is 465 g/mol. The maximum atomic E-state index is 12.9. The molecule has 1 aromatic heterocycles. The first-order chi connectivity index (χ1) is 16.7. The maximum Gasteiger partial charge on any atom is 0.416 e. The van der Waals surface area contributed by atoms with Crippen LogP contribution in [0.5, 0.6) is 5.75 Å². The first-order valence-electron chi connectivity index (χ1n) is 11.1. The molecule has 0 spiro atoms. The number of benzene rings is 1. The molecule has 3 N–H and O–H groups in total. The van der Waals surface area contributed by atoms with E-state index in [9.17, 15) is 22.8 Å². The van der Waals surface area contributed by atoms with E-state index in [2.05, 4.69) is 15.6 Å². The highest BCUT2D eigenvalue weighted by Gasteiger charge is 2.31. The minimum absolute atomic E-state index is 0.0772. The van der Waals surface area contributed by atoms with Crippen molar-refractivity contribution < 1.29 is 27.5 Å². The highest BCUT2D eigenvalue weighted by Crippen LogP contribution is 2.32. The minimum Gasteiger partial charge on any atom is -0.490 e. The van der Waals surface area contributed by atoms with Gasteiger partial charge in [-0.15, -0.1) is 5.10 Å². The second kappa shape index (κ2) is 10.2. The van der Waals surface area contributed by atoms with Crippen LogP contribution in [0.4, 0.5) is 13.2 Å². The third-order valence-corrected chi connectivity index (χ3v) is 5.89.